The standard InChI is InChI=1S/C25H31F3N8/c1-5-24(3)11-8-16(9-12-24)31-23-33-21(29-4)20-17(10-13-36(20)34-23)18-6-7-19-22(32-18)35(15(2)30-19)14-25(26,27)28/h6-7,10,13,16H,5,8-9,11-12,14H2,1-4H3,(H2,29,31,33,34). The summed E-state index contributed by atoms with van der Waals surface area (Å²) in [5.41, 5.74) is 2.99. The smallest absolute Gasteiger partial charge is 0.371 e. The van der Waals surface area contributed by atoms with Crippen LogP contribution in [-0.4, -0.2) is 48.4 Å². The van der Waals surface area contributed by atoms with Gasteiger partial charge in [-0.15, -0.1) is 5.10 Å². The molecule has 5 rings (SSSR count). The SMILES string of the molecule is CCC1(C)CCC(Nc2nc(NC)c3c(-c4ccc5nc(C)n(CC(F)(F)F)c5n4)ccn3n2)CC1. The van der Waals surface area contributed by atoms with Crippen LogP contribution in [-0.2, 0) is 6.54 Å². The van der Waals surface area contributed by atoms with E-state index in [9.17, 15) is 13.2 Å². The summed E-state index contributed by atoms with van der Waals surface area (Å²) < 4.78 is 42.3. The highest BCUT2D eigenvalue weighted by atomic mass is 19.4. The number of imidazole rings is 1. The lowest BCUT2D eigenvalue weighted by Crippen LogP contribution is -2.32. The maximum atomic E-state index is 13.2. The molecule has 0 bridgehead atoms. The summed E-state index contributed by atoms with van der Waals surface area (Å²) in [6.45, 7) is 5.03. The molecule has 8 nitrogen and oxygen atoms in total. The highest BCUT2D eigenvalue weighted by Gasteiger charge is 2.31. The Morgan fingerprint density at radius 2 is 1.86 bits per heavy atom. The van der Waals surface area contributed by atoms with Crippen LogP contribution in [0.25, 0.3) is 27.9 Å². The van der Waals surface area contributed by atoms with E-state index in [2.05, 4.69) is 39.5 Å². The van der Waals surface area contributed by atoms with Crippen LogP contribution in [0.2, 0.25) is 0 Å². The van der Waals surface area contributed by atoms with E-state index in [1.165, 1.54) is 19.3 Å². The third-order valence-corrected chi connectivity index (χ3v) is 7.52. The van der Waals surface area contributed by atoms with Gasteiger partial charge in [0.05, 0.1) is 5.69 Å². The molecule has 0 spiro atoms. The maximum absolute atomic E-state index is 13.2. The summed E-state index contributed by atoms with van der Waals surface area (Å²) in [4.78, 5) is 13.5. The fourth-order valence-electron chi connectivity index (χ4n) is 5.10. The molecule has 0 radical (unpaired) electrons. The van der Waals surface area contributed by atoms with E-state index in [1.807, 2.05) is 12.3 Å². The van der Waals surface area contributed by atoms with Gasteiger partial charge in [-0.05, 0) is 56.2 Å². The molecule has 1 saturated carbocycles. The molecule has 4 heterocycles. The predicted octanol–water partition coefficient (Wildman–Crippen LogP) is 5.82. The molecule has 4 aromatic heterocycles. The number of aromatic nitrogens is 6. The number of nitrogens with one attached hydrogen (secondary N) is 2. The van der Waals surface area contributed by atoms with Crippen molar-refractivity contribution in [3.63, 3.8) is 0 Å². The first-order chi connectivity index (χ1) is 17.1. The van der Waals surface area contributed by atoms with E-state index in [0.29, 0.717) is 40.0 Å². The zero-order chi connectivity index (χ0) is 25.7. The summed E-state index contributed by atoms with van der Waals surface area (Å²) in [7, 11) is 1.79. The minimum absolute atomic E-state index is 0.197. The number of nitrogens with zero attached hydrogens (tertiary/aromatic N) is 6. The van der Waals surface area contributed by atoms with Crippen LogP contribution in [0, 0.1) is 12.3 Å². The molecule has 0 aliphatic heterocycles. The lowest BCUT2D eigenvalue weighted by Gasteiger charge is -2.36. The summed E-state index contributed by atoms with van der Waals surface area (Å²) >= 11 is 0. The van der Waals surface area contributed by atoms with Crippen LogP contribution >= 0.6 is 0 Å². The Hall–Kier alpha value is -3.37. The molecule has 4 aromatic rings. The van der Waals surface area contributed by atoms with Crippen LogP contribution in [0.4, 0.5) is 24.9 Å². The van der Waals surface area contributed by atoms with E-state index >= 15 is 0 Å². The quantitative estimate of drug-likeness (QED) is 0.347. The number of aryl methyl sites for hydroxylation is 1. The van der Waals surface area contributed by atoms with Gasteiger partial charge in [0, 0.05) is 24.8 Å². The lowest BCUT2D eigenvalue weighted by molar-refractivity contribution is -0.140. The van der Waals surface area contributed by atoms with E-state index in [-0.39, 0.29) is 11.5 Å². The van der Waals surface area contributed by atoms with E-state index in [1.54, 1.807) is 30.6 Å². The topological polar surface area (TPSA) is 85.0 Å². The number of hydrogen-bond donors (Lipinski definition) is 2. The Kier molecular flexibility index (Phi) is 6.04. The molecule has 1 fully saturated rings. The van der Waals surface area contributed by atoms with Gasteiger partial charge in [-0.1, -0.05) is 20.3 Å². The van der Waals surface area contributed by atoms with Gasteiger partial charge in [-0.2, -0.15) is 18.2 Å². The maximum Gasteiger partial charge on any atom is 0.406 e. The number of halogens is 3. The molecular formula is C25H31F3N8. The molecule has 0 unspecified atom stereocenters. The van der Waals surface area contributed by atoms with E-state index in [0.717, 1.165) is 23.0 Å². The average molecular weight is 501 g/mol. The molecule has 0 atom stereocenters. The summed E-state index contributed by atoms with van der Waals surface area (Å²) in [6.07, 6.45) is 3.14. The number of pyridine rings is 1. The minimum atomic E-state index is -4.37. The first-order valence-electron chi connectivity index (χ1n) is 12.3. The van der Waals surface area contributed by atoms with Gasteiger partial charge in [0.25, 0.3) is 0 Å². The van der Waals surface area contributed by atoms with Crippen LogP contribution in [0.1, 0.15) is 51.8 Å². The number of rotatable bonds is 6. The number of alkyl halides is 3. The first-order valence-corrected chi connectivity index (χ1v) is 12.3. The Bertz CT molecular complexity index is 1400. The van der Waals surface area contributed by atoms with Gasteiger partial charge >= 0.3 is 6.18 Å². The molecule has 0 aromatic carbocycles. The monoisotopic (exact) mass is 500 g/mol. The van der Waals surface area contributed by atoms with E-state index < -0.39 is 12.7 Å². The zero-order valence-electron chi connectivity index (χ0n) is 20.9. The van der Waals surface area contributed by atoms with Crippen LogP contribution in [0.5, 0.6) is 0 Å². The first kappa shape index (κ1) is 24.3. The Labute approximate surface area is 207 Å². The van der Waals surface area contributed by atoms with Crippen molar-refractivity contribution in [2.24, 2.45) is 5.41 Å². The molecule has 0 amide bonds. The fourth-order valence-corrected chi connectivity index (χ4v) is 5.10. The van der Waals surface area contributed by atoms with Crippen molar-refractivity contribution in [1.82, 2.24) is 29.1 Å². The summed E-state index contributed by atoms with van der Waals surface area (Å²) in [5.74, 6) is 1.43. The third kappa shape index (κ3) is 4.58. The van der Waals surface area contributed by atoms with Crippen molar-refractivity contribution >= 4 is 28.4 Å². The highest BCUT2D eigenvalue weighted by Crippen LogP contribution is 2.39. The number of fused-ring (bicyclic) bond motifs is 2. The van der Waals surface area contributed by atoms with Crippen molar-refractivity contribution in [2.75, 3.05) is 17.7 Å². The van der Waals surface area contributed by atoms with Crippen molar-refractivity contribution in [2.45, 2.75) is 71.6 Å². The minimum Gasteiger partial charge on any atom is -0.371 e. The molecule has 2 N–H and O–H groups in total. The van der Waals surface area contributed by atoms with Gasteiger partial charge in [0.2, 0.25) is 5.95 Å². The predicted molar refractivity (Wildman–Crippen MR) is 134 cm³/mol. The van der Waals surface area contributed by atoms with Gasteiger partial charge in [0.1, 0.15) is 23.4 Å². The van der Waals surface area contributed by atoms with Gasteiger partial charge in [0.15, 0.2) is 11.5 Å². The van der Waals surface area contributed by atoms with Crippen molar-refractivity contribution < 1.29 is 13.2 Å². The molecule has 192 valence electrons. The normalized spacial score (nSPS) is 20.8. The molecule has 36 heavy (non-hydrogen) atoms. The second-order valence-corrected chi connectivity index (χ2v) is 10.0. The molecule has 1 aliphatic carbocycles. The lowest BCUT2D eigenvalue weighted by atomic mass is 9.72. The molecule has 11 heteroatoms. The number of hydrogen-bond acceptors (Lipinski definition) is 6. The van der Waals surface area contributed by atoms with Crippen molar-refractivity contribution in [3.8, 4) is 11.3 Å². The largest absolute Gasteiger partial charge is 0.406 e. The Balaban J connectivity index is 1.48. The summed E-state index contributed by atoms with van der Waals surface area (Å²) in [5, 5.41) is 11.3. The van der Waals surface area contributed by atoms with Crippen LogP contribution < -0.4 is 10.6 Å². The van der Waals surface area contributed by atoms with E-state index in [4.69, 9.17) is 4.98 Å². The van der Waals surface area contributed by atoms with Crippen molar-refractivity contribution in [1.29, 1.82) is 0 Å². The molecular weight excluding hydrogens is 469 g/mol. The molecule has 1 aliphatic rings. The van der Waals surface area contributed by atoms with Crippen LogP contribution in [0.15, 0.2) is 24.4 Å². The van der Waals surface area contributed by atoms with Gasteiger partial charge < -0.3 is 15.2 Å². The second kappa shape index (κ2) is 8.94. The average Bonchev–Trinajstić information content (AvgIpc) is 3.40. The van der Waals surface area contributed by atoms with Crippen molar-refractivity contribution in [3.05, 3.63) is 30.2 Å². The van der Waals surface area contributed by atoms with Crippen LogP contribution in [0.3, 0.4) is 0 Å². The second-order valence-electron chi connectivity index (χ2n) is 10.0. The zero-order valence-corrected chi connectivity index (χ0v) is 20.9. The Morgan fingerprint density at radius 1 is 1.11 bits per heavy atom. The number of anilines is 2. The highest BCUT2D eigenvalue weighted by molar-refractivity contribution is 5.89. The summed E-state index contributed by atoms with van der Waals surface area (Å²) in [6, 6.07) is 5.64. The Morgan fingerprint density at radius 3 is 2.53 bits per heavy atom. The third-order valence-electron chi connectivity index (χ3n) is 7.52. The van der Waals surface area contributed by atoms with Gasteiger partial charge in [-0.25, -0.2) is 14.5 Å². The fraction of sp³-hybridized carbons (Fsp3) is 0.520. The van der Waals surface area contributed by atoms with Gasteiger partial charge in [-0.3, -0.25) is 0 Å². The molecule has 0 saturated heterocycles.